The first-order chi connectivity index (χ1) is 28.1. The molecule has 0 bridgehead atoms. The quantitative estimate of drug-likeness (QED) is 0.0277. The van der Waals surface area contributed by atoms with Gasteiger partial charge in [-0.2, -0.15) is 0 Å². The van der Waals surface area contributed by atoms with Crippen LogP contribution in [-0.4, -0.2) is 91.1 Å². The maximum absolute atomic E-state index is 13.5. The van der Waals surface area contributed by atoms with E-state index in [2.05, 4.69) is 27.7 Å². The molecule has 11 nitrogen and oxygen atoms in total. The lowest BCUT2D eigenvalue weighted by Gasteiger charge is -2.38. The Balaban J connectivity index is 2.49. The van der Waals surface area contributed by atoms with Gasteiger partial charge < -0.3 is 18.9 Å². The molecule has 1 rings (SSSR count). The van der Waals surface area contributed by atoms with Crippen molar-refractivity contribution < 1.29 is 47.3 Å². The summed E-state index contributed by atoms with van der Waals surface area (Å²) in [6.45, 7) is 8.40. The molecule has 1 fully saturated rings. The van der Waals surface area contributed by atoms with Crippen LogP contribution in [-0.2, 0) is 37.9 Å². The van der Waals surface area contributed by atoms with Crippen LogP contribution in [0, 0.1) is 0 Å². The molecule has 1 radical (unpaired) electrons. The standard InChI is InChI=1S/C47H92N2O9P/c1-8-10-12-14-16-17-18-19-20-21-22-23-24-26-29-34-45(51)58-43(42-57-59(53,54)56-40-39-49(5,6)7)41-55-44(50)33-30-28-32-36-47(38-37-46(3,4)48(47)52)35-31-27-25-15-13-11-9-2/h43H,8-42H2,1-7H3/p+1. The van der Waals surface area contributed by atoms with Crippen LogP contribution < -0.4 is 0 Å². The lowest BCUT2D eigenvalue weighted by atomic mass is 9.84. The molecular formula is C47H93N2O9P+. The van der Waals surface area contributed by atoms with Crippen LogP contribution in [0.5, 0.6) is 0 Å². The number of likely N-dealkylation sites (N-methyl/N-ethyl adjacent to an activating group) is 1. The van der Waals surface area contributed by atoms with Crippen molar-refractivity contribution in [1.29, 1.82) is 0 Å². The van der Waals surface area contributed by atoms with Crippen LogP contribution in [0.3, 0.4) is 0 Å². The summed E-state index contributed by atoms with van der Waals surface area (Å²) in [6, 6.07) is 0. The van der Waals surface area contributed by atoms with E-state index >= 15 is 0 Å². The topological polar surface area (TPSA) is 132 Å². The number of rotatable bonds is 40. The molecule has 12 heteroatoms. The van der Waals surface area contributed by atoms with Crippen molar-refractivity contribution in [1.82, 2.24) is 5.06 Å². The van der Waals surface area contributed by atoms with E-state index in [1.807, 2.05) is 21.1 Å². The third-order valence-electron chi connectivity index (χ3n) is 12.1. The van der Waals surface area contributed by atoms with Crippen LogP contribution in [0.15, 0.2) is 0 Å². The van der Waals surface area contributed by atoms with Crippen LogP contribution in [0.2, 0.25) is 0 Å². The minimum absolute atomic E-state index is 0.0146. The molecule has 1 aliphatic rings. The van der Waals surface area contributed by atoms with E-state index in [1.54, 1.807) is 0 Å². The predicted molar refractivity (Wildman–Crippen MR) is 239 cm³/mol. The molecule has 0 amide bonds. The molecule has 0 saturated carbocycles. The van der Waals surface area contributed by atoms with Gasteiger partial charge in [0, 0.05) is 18.4 Å². The molecule has 349 valence electrons. The van der Waals surface area contributed by atoms with E-state index in [-0.39, 0.29) is 37.1 Å². The van der Waals surface area contributed by atoms with Crippen LogP contribution in [0.1, 0.15) is 227 Å². The SMILES string of the molecule is CCCCCCCCCCCCCCCCCC(=O)OC(COC(=O)CCCCCC1(CCCCCCCCC)CCC(C)(C)N1[O])COP(=O)(O)OCC[N+](C)(C)C. The molecule has 1 N–H and O–H groups in total. The second-order valence-corrected chi connectivity index (χ2v) is 20.8. The van der Waals surface area contributed by atoms with E-state index < -0.39 is 32.5 Å². The second kappa shape index (κ2) is 32.6. The number of phosphoric ester groups is 1. The van der Waals surface area contributed by atoms with Gasteiger partial charge in [0.15, 0.2) is 6.10 Å². The number of esters is 2. The van der Waals surface area contributed by atoms with Gasteiger partial charge in [0.25, 0.3) is 0 Å². The largest absolute Gasteiger partial charge is 0.472 e. The lowest BCUT2D eigenvalue weighted by Crippen LogP contribution is -2.48. The first-order valence-corrected chi connectivity index (χ1v) is 25.8. The Bertz CT molecular complexity index is 1120. The summed E-state index contributed by atoms with van der Waals surface area (Å²) in [4.78, 5) is 35.9. The van der Waals surface area contributed by atoms with Gasteiger partial charge in [-0.1, -0.05) is 162 Å². The summed E-state index contributed by atoms with van der Waals surface area (Å²) in [5.74, 6) is -0.874. The van der Waals surface area contributed by atoms with Crippen molar-refractivity contribution in [2.45, 2.75) is 244 Å². The van der Waals surface area contributed by atoms with E-state index in [9.17, 15) is 24.3 Å². The molecule has 59 heavy (non-hydrogen) atoms. The Hall–Kier alpha value is -1.07. The van der Waals surface area contributed by atoms with Gasteiger partial charge in [-0.25, -0.2) is 4.57 Å². The maximum atomic E-state index is 13.5. The van der Waals surface area contributed by atoms with Crippen LogP contribution >= 0.6 is 7.82 Å². The van der Waals surface area contributed by atoms with E-state index in [1.165, 1.54) is 114 Å². The molecule has 0 aromatic carbocycles. The Morgan fingerprint density at radius 2 is 1.05 bits per heavy atom. The molecule has 3 atom stereocenters. The number of ether oxygens (including phenoxy) is 2. The number of hydrogen-bond acceptors (Lipinski definition) is 8. The van der Waals surface area contributed by atoms with E-state index in [0.717, 1.165) is 64.2 Å². The lowest BCUT2D eigenvalue weighted by molar-refractivity contribution is -0.870. The summed E-state index contributed by atoms with van der Waals surface area (Å²) >= 11 is 0. The number of nitrogens with zero attached hydrogens (tertiary/aromatic N) is 2. The number of hydroxylamine groups is 2. The second-order valence-electron chi connectivity index (χ2n) is 19.4. The van der Waals surface area contributed by atoms with E-state index in [0.29, 0.717) is 23.9 Å². The van der Waals surface area contributed by atoms with Crippen molar-refractivity contribution in [3.8, 4) is 0 Å². The van der Waals surface area contributed by atoms with Crippen molar-refractivity contribution in [2.24, 2.45) is 0 Å². The molecule has 0 aromatic rings. The zero-order valence-electron chi connectivity index (χ0n) is 39.4. The molecular weight excluding hydrogens is 767 g/mol. The van der Waals surface area contributed by atoms with Gasteiger partial charge in [-0.15, -0.1) is 10.3 Å². The van der Waals surface area contributed by atoms with Crippen molar-refractivity contribution in [2.75, 3.05) is 47.5 Å². The van der Waals surface area contributed by atoms with Crippen molar-refractivity contribution in [3.63, 3.8) is 0 Å². The van der Waals surface area contributed by atoms with E-state index in [4.69, 9.17) is 18.5 Å². The molecule has 1 heterocycles. The number of phosphoric acid groups is 1. The fourth-order valence-electron chi connectivity index (χ4n) is 8.18. The van der Waals surface area contributed by atoms with Crippen LogP contribution in [0.4, 0.5) is 0 Å². The highest BCUT2D eigenvalue weighted by Crippen LogP contribution is 2.46. The fourth-order valence-corrected chi connectivity index (χ4v) is 8.92. The number of quaternary nitrogens is 1. The van der Waals surface area contributed by atoms with Gasteiger partial charge in [-0.05, 0) is 52.4 Å². The van der Waals surface area contributed by atoms with Gasteiger partial charge in [0.05, 0.1) is 33.3 Å². The zero-order chi connectivity index (χ0) is 43.9. The fraction of sp³-hybridized carbons (Fsp3) is 0.957. The highest BCUT2D eigenvalue weighted by atomic mass is 31.2. The summed E-state index contributed by atoms with van der Waals surface area (Å²) in [5, 5.41) is 14.9. The molecule has 0 spiro atoms. The molecule has 1 saturated heterocycles. The monoisotopic (exact) mass is 861 g/mol. The molecule has 0 aliphatic carbocycles. The number of carbonyl (C=O) groups is 2. The summed E-state index contributed by atoms with van der Waals surface area (Å²) in [5.41, 5.74) is -0.666. The molecule has 3 unspecified atom stereocenters. The highest BCUT2D eigenvalue weighted by molar-refractivity contribution is 7.47. The average Bonchev–Trinajstić information content (AvgIpc) is 3.40. The minimum Gasteiger partial charge on any atom is -0.462 e. The van der Waals surface area contributed by atoms with Crippen molar-refractivity contribution in [3.05, 3.63) is 0 Å². The molecule has 0 aromatic heterocycles. The van der Waals surface area contributed by atoms with Crippen LogP contribution in [0.25, 0.3) is 0 Å². The summed E-state index contributed by atoms with van der Waals surface area (Å²) in [7, 11) is 1.42. The smallest absolute Gasteiger partial charge is 0.462 e. The normalized spacial score (nSPS) is 18.5. The highest BCUT2D eigenvalue weighted by Gasteiger charge is 2.50. The number of hydrogen-bond donors (Lipinski definition) is 1. The average molecular weight is 861 g/mol. The minimum atomic E-state index is -4.41. The maximum Gasteiger partial charge on any atom is 0.472 e. The Labute approximate surface area is 362 Å². The Kier molecular flexibility index (Phi) is 30.9. The number of unbranched alkanes of at least 4 members (excludes halogenated alkanes) is 22. The Morgan fingerprint density at radius 3 is 1.49 bits per heavy atom. The Morgan fingerprint density at radius 1 is 0.627 bits per heavy atom. The van der Waals surface area contributed by atoms with Gasteiger partial charge >= 0.3 is 19.8 Å². The first-order valence-electron chi connectivity index (χ1n) is 24.3. The van der Waals surface area contributed by atoms with Gasteiger partial charge in [0.1, 0.15) is 19.8 Å². The summed E-state index contributed by atoms with van der Waals surface area (Å²) in [6.07, 6.45) is 32.3. The summed E-state index contributed by atoms with van der Waals surface area (Å²) < 4.78 is 34.6. The first kappa shape index (κ1) is 55.9. The van der Waals surface area contributed by atoms with Gasteiger partial charge in [0.2, 0.25) is 0 Å². The predicted octanol–water partition coefficient (Wildman–Crippen LogP) is 12.6. The third kappa shape index (κ3) is 29.0. The van der Waals surface area contributed by atoms with Gasteiger partial charge in [-0.3, -0.25) is 18.6 Å². The third-order valence-corrected chi connectivity index (χ3v) is 13.1. The van der Waals surface area contributed by atoms with Crippen molar-refractivity contribution >= 4 is 19.8 Å². The molecule has 1 aliphatic heterocycles. The zero-order valence-corrected chi connectivity index (χ0v) is 40.3. The number of carbonyl (C=O) groups excluding carboxylic acids is 2.